The Labute approximate surface area is 80.8 Å². The summed E-state index contributed by atoms with van der Waals surface area (Å²) in [5, 5.41) is -0.704. The van der Waals surface area contributed by atoms with Gasteiger partial charge in [-0.3, -0.25) is 0 Å². The molecule has 0 spiro atoms. The van der Waals surface area contributed by atoms with Crippen LogP contribution in [0.25, 0.3) is 0 Å². The summed E-state index contributed by atoms with van der Waals surface area (Å²) in [6.07, 6.45) is -11.1. The van der Waals surface area contributed by atoms with Crippen LogP contribution in [0.4, 0.5) is 26.3 Å². The van der Waals surface area contributed by atoms with Gasteiger partial charge in [-0.2, -0.15) is 26.3 Å². The maximum Gasteiger partial charge on any atom is 0.410 e. The minimum absolute atomic E-state index is 0.352. The summed E-state index contributed by atoms with van der Waals surface area (Å²) >= 11 is 0. The third-order valence-electron chi connectivity index (χ3n) is 0.893. The van der Waals surface area contributed by atoms with Gasteiger partial charge in [-0.25, -0.2) is 8.42 Å². The standard InChI is InChI=1S/C6H4F6O2S/c7-5(8,9)1-3-15(13,14)4-2-6(10,11)12/h1-4H. The molecule has 0 amide bonds. The van der Waals surface area contributed by atoms with Crippen LogP contribution in [-0.2, 0) is 9.84 Å². The number of alkyl halides is 6. The van der Waals surface area contributed by atoms with Gasteiger partial charge in [0.25, 0.3) is 0 Å². The Hall–Kier alpha value is -0.990. The van der Waals surface area contributed by atoms with Crippen molar-refractivity contribution in [2.24, 2.45) is 0 Å². The van der Waals surface area contributed by atoms with Crippen molar-refractivity contribution >= 4 is 9.84 Å². The quantitative estimate of drug-likeness (QED) is 0.709. The number of rotatable bonds is 2. The molecule has 15 heavy (non-hydrogen) atoms. The highest BCUT2D eigenvalue weighted by atomic mass is 32.2. The molecule has 0 aromatic heterocycles. The van der Waals surface area contributed by atoms with Crippen molar-refractivity contribution < 1.29 is 34.8 Å². The largest absolute Gasteiger partial charge is 0.410 e. The molecule has 88 valence electrons. The fourth-order valence-corrected chi connectivity index (χ4v) is 1.17. The first-order valence-corrected chi connectivity index (χ1v) is 4.79. The van der Waals surface area contributed by atoms with Gasteiger partial charge in [-0.1, -0.05) is 0 Å². The molecule has 0 aliphatic rings. The molecule has 0 radical (unpaired) electrons. The van der Waals surface area contributed by atoms with Gasteiger partial charge in [0.15, 0.2) is 9.84 Å². The topological polar surface area (TPSA) is 34.1 Å². The van der Waals surface area contributed by atoms with E-state index in [1.807, 2.05) is 0 Å². The monoisotopic (exact) mass is 254 g/mol. The first-order valence-electron chi connectivity index (χ1n) is 3.18. The second-order valence-corrected chi connectivity index (χ2v) is 4.00. The summed E-state index contributed by atoms with van der Waals surface area (Å²) in [7, 11) is -4.65. The lowest BCUT2D eigenvalue weighted by Crippen LogP contribution is -2.05. The van der Waals surface area contributed by atoms with E-state index in [1.54, 1.807) is 0 Å². The predicted molar refractivity (Wildman–Crippen MR) is 39.3 cm³/mol. The molecule has 0 unspecified atom stereocenters. The lowest BCUT2D eigenvalue weighted by Gasteiger charge is -1.98. The molecule has 9 heteroatoms. The second kappa shape index (κ2) is 4.25. The normalized spacial score (nSPS) is 15.3. The minimum Gasteiger partial charge on any atom is -0.220 e. The van der Waals surface area contributed by atoms with Crippen molar-refractivity contribution in [2.45, 2.75) is 12.4 Å². The SMILES string of the molecule is O=S(=O)(C=CC(F)(F)F)C=CC(F)(F)F. The van der Waals surface area contributed by atoms with E-state index in [1.165, 1.54) is 0 Å². The molecule has 0 aliphatic heterocycles. The molecule has 2 nitrogen and oxygen atoms in total. The predicted octanol–water partition coefficient (Wildman–Crippen LogP) is 2.55. The highest BCUT2D eigenvalue weighted by Gasteiger charge is 2.25. The first kappa shape index (κ1) is 14.0. The summed E-state index contributed by atoms with van der Waals surface area (Å²) in [5.41, 5.74) is 0. The number of allylic oxidation sites excluding steroid dienone is 2. The van der Waals surface area contributed by atoms with Gasteiger partial charge in [-0.05, 0) is 0 Å². The van der Waals surface area contributed by atoms with Gasteiger partial charge in [0.05, 0.1) is 0 Å². The summed E-state index contributed by atoms with van der Waals surface area (Å²) in [4.78, 5) is 0. The average Bonchev–Trinajstić information content (AvgIpc) is 1.96. The molecular weight excluding hydrogens is 250 g/mol. The Morgan fingerprint density at radius 1 is 0.733 bits per heavy atom. The maximum atomic E-state index is 11.5. The van der Waals surface area contributed by atoms with E-state index in [-0.39, 0.29) is 10.8 Å². The lowest BCUT2D eigenvalue weighted by atomic mass is 10.6. The Bertz CT molecular complexity index is 328. The number of sulfone groups is 1. The van der Waals surface area contributed by atoms with Crippen molar-refractivity contribution in [3.63, 3.8) is 0 Å². The average molecular weight is 254 g/mol. The zero-order chi connectivity index (χ0) is 12.3. The minimum atomic E-state index is -4.89. The highest BCUT2D eigenvalue weighted by Crippen LogP contribution is 2.19. The van der Waals surface area contributed by atoms with E-state index in [0.29, 0.717) is 0 Å². The van der Waals surface area contributed by atoms with Crippen LogP contribution in [0.5, 0.6) is 0 Å². The summed E-state index contributed by atoms with van der Waals surface area (Å²) in [6, 6.07) is 0. The first-order chi connectivity index (χ1) is 6.41. The zero-order valence-electron chi connectivity index (χ0n) is 6.80. The third kappa shape index (κ3) is 9.32. The molecule has 0 bridgehead atoms. The smallest absolute Gasteiger partial charge is 0.220 e. The Balaban J connectivity index is 4.75. The Kier molecular flexibility index (Phi) is 3.97. The van der Waals surface area contributed by atoms with Crippen LogP contribution in [0.2, 0.25) is 0 Å². The summed E-state index contributed by atoms with van der Waals surface area (Å²) < 4.78 is 89.9. The Morgan fingerprint density at radius 3 is 1.20 bits per heavy atom. The molecule has 0 aliphatic carbocycles. The van der Waals surface area contributed by atoms with E-state index >= 15 is 0 Å². The molecule has 0 N–H and O–H groups in total. The lowest BCUT2D eigenvalue weighted by molar-refractivity contribution is -0.0804. The van der Waals surface area contributed by atoms with Crippen molar-refractivity contribution in [1.29, 1.82) is 0 Å². The number of hydrogen-bond acceptors (Lipinski definition) is 2. The molecule has 0 atom stereocenters. The van der Waals surface area contributed by atoms with Gasteiger partial charge in [-0.15, -0.1) is 0 Å². The molecule has 0 saturated heterocycles. The van der Waals surface area contributed by atoms with Crippen LogP contribution in [0, 0.1) is 0 Å². The fourth-order valence-electron chi connectivity index (χ4n) is 0.389. The molecule has 0 saturated carbocycles. The number of halogens is 6. The van der Waals surface area contributed by atoms with Crippen molar-refractivity contribution in [3.05, 3.63) is 23.0 Å². The third-order valence-corrected chi connectivity index (χ3v) is 1.92. The van der Waals surface area contributed by atoms with E-state index in [4.69, 9.17) is 0 Å². The van der Waals surface area contributed by atoms with Crippen LogP contribution in [0.1, 0.15) is 0 Å². The van der Waals surface area contributed by atoms with E-state index < -0.39 is 34.3 Å². The van der Waals surface area contributed by atoms with E-state index in [0.717, 1.165) is 0 Å². The summed E-state index contributed by atoms with van der Waals surface area (Å²) in [5.74, 6) is 0. The molecule has 0 aromatic rings. The van der Waals surface area contributed by atoms with Crippen LogP contribution in [-0.4, -0.2) is 20.8 Å². The summed E-state index contributed by atoms with van der Waals surface area (Å²) in [6.45, 7) is 0. The molecule has 0 rings (SSSR count). The second-order valence-electron chi connectivity index (χ2n) is 2.28. The number of hydrogen-bond donors (Lipinski definition) is 0. The van der Waals surface area contributed by atoms with Crippen molar-refractivity contribution in [3.8, 4) is 0 Å². The molecular formula is C6H4F6O2S. The van der Waals surface area contributed by atoms with Crippen LogP contribution in [0.3, 0.4) is 0 Å². The van der Waals surface area contributed by atoms with Gasteiger partial charge in [0, 0.05) is 23.0 Å². The van der Waals surface area contributed by atoms with Crippen LogP contribution in [0.15, 0.2) is 23.0 Å². The molecule has 0 fully saturated rings. The zero-order valence-corrected chi connectivity index (χ0v) is 7.62. The maximum absolute atomic E-state index is 11.5. The van der Waals surface area contributed by atoms with Gasteiger partial charge < -0.3 is 0 Å². The van der Waals surface area contributed by atoms with Gasteiger partial charge >= 0.3 is 12.4 Å². The highest BCUT2D eigenvalue weighted by molar-refractivity contribution is 7.97. The van der Waals surface area contributed by atoms with E-state index in [9.17, 15) is 34.8 Å². The van der Waals surface area contributed by atoms with Gasteiger partial charge in [0.1, 0.15) is 0 Å². The molecule has 0 heterocycles. The van der Waals surface area contributed by atoms with Crippen molar-refractivity contribution in [1.82, 2.24) is 0 Å². The van der Waals surface area contributed by atoms with Gasteiger partial charge in [0.2, 0.25) is 0 Å². The molecule has 0 aromatic carbocycles. The van der Waals surface area contributed by atoms with E-state index in [2.05, 4.69) is 0 Å². The van der Waals surface area contributed by atoms with Crippen LogP contribution < -0.4 is 0 Å². The van der Waals surface area contributed by atoms with Crippen molar-refractivity contribution in [2.75, 3.05) is 0 Å². The fraction of sp³-hybridized carbons (Fsp3) is 0.333. The Morgan fingerprint density at radius 2 is 1.00 bits per heavy atom. The van der Waals surface area contributed by atoms with Crippen LogP contribution >= 0.6 is 0 Å².